The first kappa shape index (κ1) is 17.6. The summed E-state index contributed by atoms with van der Waals surface area (Å²) in [7, 11) is 0. The average Bonchev–Trinajstić information content (AvgIpc) is 3.02. The van der Waals surface area contributed by atoms with Crippen molar-refractivity contribution in [3.8, 4) is 0 Å². The van der Waals surface area contributed by atoms with E-state index in [0.29, 0.717) is 23.3 Å². The van der Waals surface area contributed by atoms with Crippen LogP contribution in [-0.2, 0) is 0 Å². The predicted molar refractivity (Wildman–Crippen MR) is 99.8 cm³/mol. The Morgan fingerprint density at radius 3 is 2.50 bits per heavy atom. The summed E-state index contributed by atoms with van der Waals surface area (Å²) in [6.45, 7) is 8.08. The molecule has 1 amide bonds. The summed E-state index contributed by atoms with van der Waals surface area (Å²) in [4.78, 5) is 12.2. The molecular weight excluding hydrogens is 330 g/mol. The maximum Gasteiger partial charge on any atom is 0.277 e. The Morgan fingerprint density at radius 1 is 1.08 bits per heavy atom. The van der Waals surface area contributed by atoms with Gasteiger partial charge in [0.1, 0.15) is 5.76 Å². The van der Waals surface area contributed by atoms with Crippen molar-refractivity contribution >= 4 is 23.2 Å². The number of benzene rings is 1. The number of rotatable bonds is 5. The highest BCUT2D eigenvalue weighted by molar-refractivity contribution is 6.02. The number of nitrogens with one attached hydrogen (secondary N) is 2. The van der Waals surface area contributed by atoms with Crippen LogP contribution in [0.1, 0.15) is 47.1 Å². The van der Waals surface area contributed by atoms with Crippen molar-refractivity contribution in [3.05, 3.63) is 59.0 Å². The van der Waals surface area contributed by atoms with E-state index in [0.717, 1.165) is 11.3 Å². The van der Waals surface area contributed by atoms with Crippen LogP contribution < -0.4 is 10.6 Å². The maximum atomic E-state index is 12.2. The van der Waals surface area contributed by atoms with Crippen LogP contribution in [-0.4, -0.2) is 21.3 Å². The molecule has 3 aromatic rings. The Morgan fingerprint density at radius 2 is 1.88 bits per heavy atom. The van der Waals surface area contributed by atoms with E-state index in [-0.39, 0.29) is 5.69 Å². The van der Waals surface area contributed by atoms with E-state index in [4.69, 9.17) is 4.52 Å². The first-order chi connectivity index (χ1) is 12.4. The molecule has 0 saturated carbocycles. The number of para-hydroxylation sites is 1. The van der Waals surface area contributed by atoms with Gasteiger partial charge in [-0.3, -0.25) is 4.79 Å². The number of carbonyl (C=O) groups is 1. The summed E-state index contributed by atoms with van der Waals surface area (Å²) in [6.07, 6.45) is 0. The molecule has 3 rings (SSSR count). The molecule has 2 N–H and O–H groups in total. The number of carbonyl (C=O) groups excluding carboxylic acids is 1. The highest BCUT2D eigenvalue weighted by Crippen LogP contribution is 2.29. The van der Waals surface area contributed by atoms with E-state index in [1.54, 1.807) is 25.1 Å². The summed E-state index contributed by atoms with van der Waals surface area (Å²) in [5.74, 6) is 1.52. The summed E-state index contributed by atoms with van der Waals surface area (Å²) in [5.41, 5.74) is 3.55. The van der Waals surface area contributed by atoms with Crippen LogP contribution in [0.5, 0.6) is 0 Å². The van der Waals surface area contributed by atoms with Crippen molar-refractivity contribution in [2.45, 2.75) is 33.6 Å². The molecule has 7 nitrogen and oxygen atoms in total. The smallest absolute Gasteiger partial charge is 0.277 e. The quantitative estimate of drug-likeness (QED) is 0.715. The van der Waals surface area contributed by atoms with E-state index >= 15 is 0 Å². The van der Waals surface area contributed by atoms with Gasteiger partial charge in [-0.2, -0.15) is 0 Å². The lowest BCUT2D eigenvalue weighted by molar-refractivity contribution is 0.102. The van der Waals surface area contributed by atoms with Crippen LogP contribution in [0.25, 0.3) is 0 Å². The zero-order chi connectivity index (χ0) is 18.7. The number of hydrogen-bond donors (Lipinski definition) is 2. The third-order valence-electron chi connectivity index (χ3n) is 3.95. The summed E-state index contributed by atoms with van der Waals surface area (Å²) in [6, 6.07) is 11.2. The third kappa shape index (κ3) is 3.88. The van der Waals surface area contributed by atoms with Crippen molar-refractivity contribution in [2.75, 3.05) is 10.6 Å². The molecule has 0 aliphatic rings. The Balaban J connectivity index is 1.75. The Kier molecular flexibility index (Phi) is 4.97. The van der Waals surface area contributed by atoms with Crippen LogP contribution in [0.15, 0.2) is 40.9 Å². The van der Waals surface area contributed by atoms with Crippen LogP contribution >= 0.6 is 0 Å². The topological polar surface area (TPSA) is 92.9 Å². The number of amides is 1. The fraction of sp³-hybridized carbons (Fsp3) is 0.263. The van der Waals surface area contributed by atoms with Gasteiger partial charge in [-0.25, -0.2) is 0 Å². The minimum Gasteiger partial charge on any atom is -0.360 e. The second kappa shape index (κ2) is 7.35. The lowest BCUT2D eigenvalue weighted by atomic mass is 9.98. The zero-order valence-corrected chi connectivity index (χ0v) is 15.2. The normalized spacial score (nSPS) is 10.8. The number of anilines is 3. The Bertz CT molecular complexity index is 916. The largest absolute Gasteiger partial charge is 0.360 e. The van der Waals surface area contributed by atoms with Crippen molar-refractivity contribution in [1.82, 2.24) is 15.4 Å². The van der Waals surface area contributed by atoms with Gasteiger partial charge in [-0.15, -0.1) is 10.2 Å². The number of aromatic nitrogens is 3. The maximum absolute atomic E-state index is 12.2. The molecule has 2 heterocycles. The molecule has 0 radical (unpaired) electrons. The van der Waals surface area contributed by atoms with Gasteiger partial charge >= 0.3 is 0 Å². The molecule has 26 heavy (non-hydrogen) atoms. The fourth-order valence-corrected chi connectivity index (χ4v) is 2.60. The molecule has 0 atom stereocenters. The molecule has 0 unspecified atom stereocenters. The Labute approximate surface area is 151 Å². The molecule has 1 aromatic carbocycles. The number of hydrogen-bond acceptors (Lipinski definition) is 6. The Hall–Kier alpha value is -3.22. The summed E-state index contributed by atoms with van der Waals surface area (Å²) in [5, 5.41) is 17.8. The predicted octanol–water partition coefficient (Wildman–Crippen LogP) is 4.20. The van der Waals surface area contributed by atoms with E-state index in [2.05, 4.69) is 45.9 Å². The average molecular weight is 351 g/mol. The second-order valence-electron chi connectivity index (χ2n) is 6.40. The summed E-state index contributed by atoms with van der Waals surface area (Å²) < 4.78 is 4.92. The summed E-state index contributed by atoms with van der Waals surface area (Å²) >= 11 is 0. The monoisotopic (exact) mass is 351 g/mol. The molecule has 0 fully saturated rings. The van der Waals surface area contributed by atoms with Gasteiger partial charge in [0.25, 0.3) is 5.91 Å². The first-order valence-electron chi connectivity index (χ1n) is 8.39. The molecule has 0 bridgehead atoms. The highest BCUT2D eigenvalue weighted by Gasteiger charge is 2.13. The van der Waals surface area contributed by atoms with Gasteiger partial charge in [0, 0.05) is 11.8 Å². The molecule has 2 aromatic heterocycles. The molecule has 0 spiro atoms. The van der Waals surface area contributed by atoms with Crippen LogP contribution in [0.4, 0.5) is 17.3 Å². The molecule has 0 aliphatic heterocycles. The molecule has 0 saturated heterocycles. The molecule has 134 valence electrons. The van der Waals surface area contributed by atoms with E-state index in [1.165, 1.54) is 5.56 Å². The zero-order valence-electron chi connectivity index (χ0n) is 15.2. The molecule has 7 heteroatoms. The van der Waals surface area contributed by atoms with Crippen LogP contribution in [0, 0.1) is 13.8 Å². The van der Waals surface area contributed by atoms with Gasteiger partial charge in [0.2, 0.25) is 0 Å². The van der Waals surface area contributed by atoms with Gasteiger partial charge in [0.05, 0.1) is 0 Å². The van der Waals surface area contributed by atoms with E-state index in [1.807, 2.05) is 19.1 Å². The second-order valence-corrected chi connectivity index (χ2v) is 6.40. The van der Waals surface area contributed by atoms with Crippen molar-refractivity contribution < 1.29 is 9.32 Å². The minimum absolute atomic E-state index is 0.199. The van der Waals surface area contributed by atoms with Crippen LogP contribution in [0.3, 0.4) is 0 Å². The molecule has 0 aliphatic carbocycles. The standard InChI is InChI=1S/C19H21N5O2/c1-11(2)14-7-5-6-12(3)18(14)20-16-9-8-15(22-23-16)19(25)21-17-10-13(4)26-24-17/h5-11H,1-4H3,(H,20,23)(H,21,24,25). The number of aryl methyl sites for hydroxylation is 2. The molecular formula is C19H21N5O2. The van der Waals surface area contributed by atoms with Gasteiger partial charge in [0.15, 0.2) is 17.3 Å². The van der Waals surface area contributed by atoms with E-state index < -0.39 is 5.91 Å². The van der Waals surface area contributed by atoms with E-state index in [9.17, 15) is 4.79 Å². The van der Waals surface area contributed by atoms with Gasteiger partial charge < -0.3 is 15.2 Å². The lowest BCUT2D eigenvalue weighted by Crippen LogP contribution is -2.15. The highest BCUT2D eigenvalue weighted by atomic mass is 16.5. The first-order valence-corrected chi connectivity index (χ1v) is 8.39. The fourth-order valence-electron chi connectivity index (χ4n) is 2.60. The van der Waals surface area contributed by atoms with Crippen LogP contribution in [0.2, 0.25) is 0 Å². The van der Waals surface area contributed by atoms with Gasteiger partial charge in [-0.1, -0.05) is 37.2 Å². The lowest BCUT2D eigenvalue weighted by Gasteiger charge is -2.16. The van der Waals surface area contributed by atoms with Crippen molar-refractivity contribution in [1.29, 1.82) is 0 Å². The van der Waals surface area contributed by atoms with Crippen molar-refractivity contribution in [2.24, 2.45) is 0 Å². The van der Waals surface area contributed by atoms with Crippen molar-refractivity contribution in [3.63, 3.8) is 0 Å². The number of nitrogens with zero attached hydrogens (tertiary/aromatic N) is 3. The minimum atomic E-state index is -0.392. The third-order valence-corrected chi connectivity index (χ3v) is 3.95. The van der Waals surface area contributed by atoms with Gasteiger partial charge in [-0.05, 0) is 43.0 Å². The SMILES string of the molecule is Cc1cc(NC(=O)c2ccc(Nc3c(C)cccc3C(C)C)nn2)no1.